The molecule has 0 saturated carbocycles. The molecule has 0 aliphatic heterocycles. The molecule has 0 atom stereocenters. The van der Waals surface area contributed by atoms with Crippen molar-refractivity contribution in [3.63, 3.8) is 0 Å². The number of halogens is 1. The molecule has 3 rings (SSSR count). The monoisotopic (exact) mass is 254 g/mol. The fraction of sp³-hybridized carbons (Fsp3) is 0.0625. The zero-order valence-corrected chi connectivity index (χ0v) is 10.4. The molecule has 88 valence electrons. The van der Waals surface area contributed by atoms with Crippen LogP contribution in [0, 0.1) is 0 Å². The molecular weight excluding hydrogens is 244 g/mol. The Hall–Kier alpha value is -1.86. The van der Waals surface area contributed by atoms with Gasteiger partial charge in [0.05, 0.1) is 5.03 Å². The Morgan fingerprint density at radius 1 is 0.889 bits per heavy atom. The van der Waals surface area contributed by atoms with E-state index in [9.17, 15) is 4.79 Å². The Labute approximate surface area is 111 Å². The van der Waals surface area contributed by atoms with Gasteiger partial charge in [-0.15, -0.1) is 0 Å². The number of fused-ring (bicyclic) bond motifs is 2. The van der Waals surface area contributed by atoms with Gasteiger partial charge in [0, 0.05) is 5.57 Å². The largest absolute Gasteiger partial charge is 0.298 e. The Bertz CT molecular complexity index is 656. The first kappa shape index (κ1) is 11.2. The molecule has 0 radical (unpaired) electrons. The Kier molecular flexibility index (Phi) is 2.77. The normalized spacial score (nSPS) is 13.6. The predicted octanol–water partition coefficient (Wildman–Crippen LogP) is 3.90. The zero-order chi connectivity index (χ0) is 12.5. The molecule has 0 aromatic heterocycles. The summed E-state index contributed by atoms with van der Waals surface area (Å²) in [4.78, 5) is 11.4. The van der Waals surface area contributed by atoms with Crippen LogP contribution in [0.2, 0.25) is 0 Å². The highest BCUT2D eigenvalue weighted by Gasteiger charge is 2.19. The van der Waals surface area contributed by atoms with E-state index in [1.165, 1.54) is 0 Å². The maximum Gasteiger partial charge on any atom is 0.152 e. The zero-order valence-electron chi connectivity index (χ0n) is 9.69. The van der Waals surface area contributed by atoms with Crippen molar-refractivity contribution in [2.24, 2.45) is 0 Å². The first-order valence-corrected chi connectivity index (χ1v) is 6.20. The lowest BCUT2D eigenvalue weighted by Crippen LogP contribution is -1.93. The van der Waals surface area contributed by atoms with Crippen molar-refractivity contribution < 1.29 is 4.79 Å². The smallest absolute Gasteiger partial charge is 0.152 e. The van der Waals surface area contributed by atoms with Gasteiger partial charge >= 0.3 is 0 Å². The van der Waals surface area contributed by atoms with Crippen LogP contribution in [0.5, 0.6) is 0 Å². The van der Waals surface area contributed by atoms with E-state index in [0.29, 0.717) is 10.6 Å². The van der Waals surface area contributed by atoms with Crippen molar-refractivity contribution in [3.8, 4) is 0 Å². The highest BCUT2D eigenvalue weighted by molar-refractivity contribution is 6.56. The SMILES string of the molecule is O=CC1=C(Cl)c2ccccc2Cc2ccccc21. The third-order valence-corrected chi connectivity index (χ3v) is 3.70. The van der Waals surface area contributed by atoms with Crippen LogP contribution in [0.15, 0.2) is 48.5 Å². The molecule has 2 heteroatoms. The molecule has 0 N–H and O–H groups in total. The second-order valence-electron chi connectivity index (χ2n) is 4.34. The minimum atomic E-state index is 0.547. The Balaban J connectivity index is 2.36. The van der Waals surface area contributed by atoms with Crippen molar-refractivity contribution in [2.75, 3.05) is 0 Å². The van der Waals surface area contributed by atoms with Gasteiger partial charge in [-0.1, -0.05) is 60.1 Å². The molecule has 18 heavy (non-hydrogen) atoms. The Morgan fingerprint density at radius 3 is 2.11 bits per heavy atom. The van der Waals surface area contributed by atoms with Gasteiger partial charge in [0.1, 0.15) is 0 Å². The number of hydrogen-bond acceptors (Lipinski definition) is 1. The van der Waals surface area contributed by atoms with Gasteiger partial charge < -0.3 is 0 Å². The summed E-state index contributed by atoms with van der Waals surface area (Å²) >= 11 is 6.39. The average molecular weight is 255 g/mol. The first-order valence-electron chi connectivity index (χ1n) is 5.83. The summed E-state index contributed by atoms with van der Waals surface area (Å²) in [5.74, 6) is 0. The van der Waals surface area contributed by atoms with Crippen LogP contribution in [0.3, 0.4) is 0 Å². The quantitative estimate of drug-likeness (QED) is 0.706. The van der Waals surface area contributed by atoms with Gasteiger partial charge in [-0.2, -0.15) is 0 Å². The first-order chi connectivity index (χ1) is 8.81. The van der Waals surface area contributed by atoms with E-state index in [-0.39, 0.29) is 0 Å². The van der Waals surface area contributed by atoms with Crippen LogP contribution >= 0.6 is 11.6 Å². The number of rotatable bonds is 1. The lowest BCUT2D eigenvalue weighted by atomic mass is 9.98. The third kappa shape index (κ3) is 1.68. The van der Waals surface area contributed by atoms with Crippen LogP contribution in [0.4, 0.5) is 0 Å². The van der Waals surface area contributed by atoms with E-state index in [4.69, 9.17) is 11.6 Å². The second-order valence-corrected chi connectivity index (χ2v) is 4.71. The van der Waals surface area contributed by atoms with Crippen LogP contribution in [-0.4, -0.2) is 6.29 Å². The van der Waals surface area contributed by atoms with Crippen LogP contribution in [0.1, 0.15) is 22.3 Å². The number of allylic oxidation sites excluding steroid dienone is 1. The van der Waals surface area contributed by atoms with Gasteiger partial charge in [-0.05, 0) is 28.7 Å². The number of carbonyl (C=O) groups is 1. The molecule has 0 bridgehead atoms. The maximum atomic E-state index is 11.4. The van der Waals surface area contributed by atoms with Gasteiger partial charge in [-0.25, -0.2) is 0 Å². The van der Waals surface area contributed by atoms with Crippen molar-refractivity contribution in [3.05, 3.63) is 70.8 Å². The van der Waals surface area contributed by atoms with E-state index in [1.54, 1.807) is 0 Å². The van der Waals surface area contributed by atoms with Crippen LogP contribution < -0.4 is 0 Å². The van der Waals surface area contributed by atoms with E-state index in [0.717, 1.165) is 35.0 Å². The molecule has 0 unspecified atom stereocenters. The molecule has 2 aromatic carbocycles. The van der Waals surface area contributed by atoms with E-state index >= 15 is 0 Å². The molecule has 0 spiro atoms. The van der Waals surface area contributed by atoms with Crippen LogP contribution in [0.25, 0.3) is 10.6 Å². The minimum absolute atomic E-state index is 0.547. The van der Waals surface area contributed by atoms with E-state index in [2.05, 4.69) is 6.07 Å². The van der Waals surface area contributed by atoms with Crippen molar-refractivity contribution in [1.29, 1.82) is 0 Å². The number of carbonyl (C=O) groups excluding carboxylic acids is 1. The predicted molar refractivity (Wildman–Crippen MR) is 74.4 cm³/mol. The summed E-state index contributed by atoms with van der Waals surface area (Å²) in [6.45, 7) is 0. The van der Waals surface area contributed by atoms with Crippen molar-refractivity contribution in [1.82, 2.24) is 0 Å². The summed E-state index contributed by atoms with van der Waals surface area (Å²) in [6.07, 6.45) is 1.66. The molecule has 0 amide bonds. The number of hydrogen-bond donors (Lipinski definition) is 0. The molecule has 1 aliphatic carbocycles. The summed E-state index contributed by atoms with van der Waals surface area (Å²) in [7, 11) is 0. The lowest BCUT2D eigenvalue weighted by Gasteiger charge is -2.05. The molecule has 0 saturated heterocycles. The Morgan fingerprint density at radius 2 is 1.44 bits per heavy atom. The highest BCUT2D eigenvalue weighted by atomic mass is 35.5. The molecule has 2 aromatic rings. The average Bonchev–Trinajstić information content (AvgIpc) is 2.53. The molecule has 0 fully saturated rings. The summed E-state index contributed by atoms with van der Waals surface area (Å²) in [6, 6.07) is 15.9. The third-order valence-electron chi connectivity index (χ3n) is 3.30. The van der Waals surface area contributed by atoms with Crippen LogP contribution in [-0.2, 0) is 11.2 Å². The summed E-state index contributed by atoms with van der Waals surface area (Å²) in [5, 5.41) is 0.547. The summed E-state index contributed by atoms with van der Waals surface area (Å²) in [5.41, 5.74) is 4.78. The fourth-order valence-corrected chi connectivity index (χ4v) is 2.74. The van der Waals surface area contributed by atoms with Gasteiger partial charge in [0.25, 0.3) is 0 Å². The molecule has 1 nitrogen and oxygen atoms in total. The van der Waals surface area contributed by atoms with E-state index < -0.39 is 0 Å². The number of aldehydes is 1. The highest BCUT2D eigenvalue weighted by Crippen LogP contribution is 2.36. The van der Waals surface area contributed by atoms with Crippen molar-refractivity contribution >= 4 is 28.5 Å². The fourth-order valence-electron chi connectivity index (χ4n) is 2.41. The minimum Gasteiger partial charge on any atom is -0.298 e. The molecular formula is C16H11ClO. The standard InChI is InChI=1S/C16H11ClO/c17-16-14-8-4-2-6-12(14)9-11-5-1-3-7-13(11)15(16)10-18/h1-8,10H,9H2. The van der Waals surface area contributed by atoms with Gasteiger partial charge in [0.2, 0.25) is 0 Å². The lowest BCUT2D eigenvalue weighted by molar-refractivity contribution is -0.103. The molecule has 1 aliphatic rings. The topological polar surface area (TPSA) is 17.1 Å². The van der Waals surface area contributed by atoms with Gasteiger partial charge in [-0.3, -0.25) is 4.79 Å². The maximum absolute atomic E-state index is 11.4. The summed E-state index contributed by atoms with van der Waals surface area (Å²) < 4.78 is 0. The van der Waals surface area contributed by atoms with Crippen molar-refractivity contribution in [2.45, 2.75) is 6.42 Å². The molecule has 0 heterocycles. The van der Waals surface area contributed by atoms with Gasteiger partial charge in [0.15, 0.2) is 6.29 Å². The number of benzene rings is 2. The second kappa shape index (κ2) is 4.43. The van der Waals surface area contributed by atoms with E-state index in [1.807, 2.05) is 42.5 Å².